The molecule has 18 heavy (non-hydrogen) atoms. The lowest BCUT2D eigenvalue weighted by molar-refractivity contribution is 0.111. The third-order valence-corrected chi connectivity index (χ3v) is 5.27. The number of aryl methyl sites for hydroxylation is 1. The third-order valence-electron chi connectivity index (χ3n) is 4.02. The van der Waals surface area contributed by atoms with Gasteiger partial charge in [0, 0.05) is 24.1 Å². The van der Waals surface area contributed by atoms with Crippen LogP contribution >= 0.6 is 11.3 Å². The standard InChI is InChI=1S/C14H22N2OS/c1-10-13(9-15-11-5-2-3-6-11)18-14(16-10)12-7-4-8-17-12/h11-12,15H,2-9H2,1H3. The van der Waals surface area contributed by atoms with E-state index in [2.05, 4.69) is 12.2 Å². The van der Waals surface area contributed by atoms with Crippen molar-refractivity contribution in [3.05, 3.63) is 15.6 Å². The fourth-order valence-corrected chi connectivity index (χ4v) is 3.99. The van der Waals surface area contributed by atoms with Crippen LogP contribution in [0.5, 0.6) is 0 Å². The van der Waals surface area contributed by atoms with Crippen molar-refractivity contribution in [2.75, 3.05) is 6.61 Å². The topological polar surface area (TPSA) is 34.1 Å². The van der Waals surface area contributed by atoms with Crippen molar-refractivity contribution in [3.8, 4) is 0 Å². The molecule has 100 valence electrons. The fraction of sp³-hybridized carbons (Fsp3) is 0.786. The quantitative estimate of drug-likeness (QED) is 0.907. The molecule has 1 aliphatic carbocycles. The van der Waals surface area contributed by atoms with E-state index in [0.717, 1.165) is 25.6 Å². The first-order valence-electron chi connectivity index (χ1n) is 7.14. The van der Waals surface area contributed by atoms with E-state index in [1.807, 2.05) is 11.3 Å². The molecule has 1 saturated carbocycles. The molecular weight excluding hydrogens is 244 g/mol. The lowest BCUT2D eigenvalue weighted by Crippen LogP contribution is -2.25. The highest BCUT2D eigenvalue weighted by Crippen LogP contribution is 2.33. The molecule has 2 heterocycles. The molecule has 1 aliphatic heterocycles. The molecule has 0 radical (unpaired) electrons. The van der Waals surface area contributed by atoms with Crippen molar-refractivity contribution in [2.24, 2.45) is 0 Å². The van der Waals surface area contributed by atoms with Crippen LogP contribution in [-0.4, -0.2) is 17.6 Å². The minimum atomic E-state index is 0.272. The van der Waals surface area contributed by atoms with E-state index in [0.29, 0.717) is 0 Å². The van der Waals surface area contributed by atoms with Crippen LogP contribution in [0.2, 0.25) is 0 Å². The maximum absolute atomic E-state index is 5.71. The van der Waals surface area contributed by atoms with Gasteiger partial charge in [-0.3, -0.25) is 0 Å². The van der Waals surface area contributed by atoms with E-state index >= 15 is 0 Å². The molecule has 1 atom stereocenters. The summed E-state index contributed by atoms with van der Waals surface area (Å²) < 4.78 is 5.71. The molecule has 2 fully saturated rings. The fourth-order valence-electron chi connectivity index (χ4n) is 2.89. The average Bonchev–Trinajstić information content (AvgIpc) is 3.09. The van der Waals surface area contributed by atoms with Gasteiger partial charge in [0.25, 0.3) is 0 Å². The van der Waals surface area contributed by atoms with E-state index < -0.39 is 0 Å². The maximum atomic E-state index is 5.71. The monoisotopic (exact) mass is 266 g/mol. The summed E-state index contributed by atoms with van der Waals surface area (Å²) in [5.41, 5.74) is 1.19. The average molecular weight is 266 g/mol. The van der Waals surface area contributed by atoms with Gasteiger partial charge in [-0.1, -0.05) is 12.8 Å². The van der Waals surface area contributed by atoms with Gasteiger partial charge in [0.2, 0.25) is 0 Å². The maximum Gasteiger partial charge on any atom is 0.122 e. The summed E-state index contributed by atoms with van der Waals surface area (Å²) in [5, 5.41) is 4.86. The Balaban J connectivity index is 1.60. The predicted molar refractivity (Wildman–Crippen MR) is 73.9 cm³/mol. The summed E-state index contributed by atoms with van der Waals surface area (Å²) in [4.78, 5) is 6.09. The third kappa shape index (κ3) is 2.76. The molecule has 0 amide bonds. The summed E-state index contributed by atoms with van der Waals surface area (Å²) >= 11 is 1.84. The summed E-state index contributed by atoms with van der Waals surface area (Å²) in [7, 11) is 0. The van der Waals surface area contributed by atoms with E-state index in [1.54, 1.807) is 0 Å². The first-order valence-corrected chi connectivity index (χ1v) is 7.96. The number of aromatic nitrogens is 1. The molecule has 1 aromatic heterocycles. The molecule has 1 saturated heterocycles. The van der Waals surface area contributed by atoms with Crippen molar-refractivity contribution < 1.29 is 4.74 Å². The second-order valence-corrected chi connectivity index (χ2v) is 6.54. The smallest absolute Gasteiger partial charge is 0.122 e. The van der Waals surface area contributed by atoms with Crippen molar-refractivity contribution in [1.29, 1.82) is 0 Å². The molecular formula is C14H22N2OS. The molecule has 1 aromatic rings. The van der Waals surface area contributed by atoms with Crippen molar-refractivity contribution >= 4 is 11.3 Å². The van der Waals surface area contributed by atoms with E-state index in [4.69, 9.17) is 9.72 Å². The minimum absolute atomic E-state index is 0.272. The molecule has 1 N–H and O–H groups in total. The number of nitrogens with one attached hydrogen (secondary N) is 1. The zero-order chi connectivity index (χ0) is 12.4. The van der Waals surface area contributed by atoms with Gasteiger partial charge in [0.15, 0.2) is 0 Å². The van der Waals surface area contributed by atoms with Crippen LogP contribution in [0.4, 0.5) is 0 Å². The highest BCUT2D eigenvalue weighted by molar-refractivity contribution is 7.11. The molecule has 3 nitrogen and oxygen atoms in total. The Morgan fingerprint density at radius 3 is 2.83 bits per heavy atom. The predicted octanol–water partition coefficient (Wildman–Crippen LogP) is 3.34. The van der Waals surface area contributed by atoms with Gasteiger partial charge in [-0.15, -0.1) is 11.3 Å². The van der Waals surface area contributed by atoms with Crippen LogP contribution in [-0.2, 0) is 11.3 Å². The zero-order valence-corrected chi connectivity index (χ0v) is 11.9. The number of thiazole rings is 1. The molecule has 0 bridgehead atoms. The molecule has 3 rings (SSSR count). The van der Waals surface area contributed by atoms with E-state index in [9.17, 15) is 0 Å². The Bertz CT molecular complexity index is 392. The molecule has 0 spiro atoms. The van der Waals surface area contributed by atoms with Crippen LogP contribution in [0.25, 0.3) is 0 Å². The van der Waals surface area contributed by atoms with E-state index in [-0.39, 0.29) is 6.10 Å². The SMILES string of the molecule is Cc1nc(C2CCCO2)sc1CNC1CCCC1. The van der Waals surface area contributed by atoms with Gasteiger partial charge < -0.3 is 10.1 Å². The van der Waals surface area contributed by atoms with Crippen LogP contribution in [0.3, 0.4) is 0 Å². The van der Waals surface area contributed by atoms with Crippen molar-refractivity contribution in [1.82, 2.24) is 10.3 Å². The Morgan fingerprint density at radius 2 is 2.11 bits per heavy atom. The molecule has 0 aromatic carbocycles. The second-order valence-electron chi connectivity index (χ2n) is 5.42. The van der Waals surface area contributed by atoms with Crippen molar-refractivity contribution in [3.63, 3.8) is 0 Å². The van der Waals surface area contributed by atoms with Gasteiger partial charge in [-0.2, -0.15) is 0 Å². The van der Waals surface area contributed by atoms with Crippen LogP contribution in [0.1, 0.15) is 60.2 Å². The van der Waals surface area contributed by atoms with Gasteiger partial charge in [-0.25, -0.2) is 4.98 Å². The number of ether oxygens (including phenoxy) is 1. The summed E-state index contributed by atoms with van der Waals surface area (Å²) in [5.74, 6) is 0. The number of hydrogen-bond acceptors (Lipinski definition) is 4. The van der Waals surface area contributed by atoms with Crippen LogP contribution < -0.4 is 5.32 Å². The summed E-state index contributed by atoms with van der Waals surface area (Å²) in [6.07, 6.45) is 8.06. The highest BCUT2D eigenvalue weighted by Gasteiger charge is 2.22. The molecule has 2 aliphatic rings. The van der Waals surface area contributed by atoms with Gasteiger partial charge in [-0.05, 0) is 32.6 Å². The van der Waals surface area contributed by atoms with Crippen LogP contribution in [0, 0.1) is 6.92 Å². The lowest BCUT2D eigenvalue weighted by atomic mass is 10.2. The van der Waals surface area contributed by atoms with Gasteiger partial charge >= 0.3 is 0 Å². The summed E-state index contributed by atoms with van der Waals surface area (Å²) in [6.45, 7) is 4.01. The first kappa shape index (κ1) is 12.6. The normalized spacial score (nSPS) is 25.1. The lowest BCUT2D eigenvalue weighted by Gasteiger charge is -2.10. The Hall–Kier alpha value is -0.450. The Kier molecular flexibility index (Phi) is 3.97. The Labute approximate surface area is 113 Å². The minimum Gasteiger partial charge on any atom is -0.371 e. The van der Waals surface area contributed by atoms with Gasteiger partial charge in [0.05, 0.1) is 5.69 Å². The number of nitrogens with zero attached hydrogens (tertiary/aromatic N) is 1. The van der Waals surface area contributed by atoms with Crippen molar-refractivity contribution in [2.45, 2.75) is 64.1 Å². The number of hydrogen-bond donors (Lipinski definition) is 1. The largest absolute Gasteiger partial charge is 0.371 e. The highest BCUT2D eigenvalue weighted by atomic mass is 32.1. The Morgan fingerprint density at radius 1 is 1.28 bits per heavy atom. The van der Waals surface area contributed by atoms with Crippen LogP contribution in [0.15, 0.2) is 0 Å². The first-order chi connectivity index (χ1) is 8.83. The molecule has 4 heteroatoms. The van der Waals surface area contributed by atoms with E-state index in [1.165, 1.54) is 47.7 Å². The summed E-state index contributed by atoms with van der Waals surface area (Å²) in [6, 6.07) is 0.734. The van der Waals surface area contributed by atoms with Gasteiger partial charge in [0.1, 0.15) is 11.1 Å². The number of rotatable bonds is 4. The zero-order valence-electron chi connectivity index (χ0n) is 11.1. The second kappa shape index (κ2) is 5.68. The molecule has 1 unspecified atom stereocenters.